The number of aromatic nitrogens is 1. The maximum atomic E-state index is 12.6. The summed E-state index contributed by atoms with van der Waals surface area (Å²) >= 11 is 0. The maximum Gasteiger partial charge on any atom is 0.352 e. The van der Waals surface area contributed by atoms with Crippen LogP contribution in [0.4, 0.5) is 0 Å². The van der Waals surface area contributed by atoms with Crippen LogP contribution in [0.25, 0.3) is 0 Å². The number of carbonyl (C=O) groups is 1. The van der Waals surface area contributed by atoms with E-state index in [-0.39, 0.29) is 16.2 Å². The van der Waals surface area contributed by atoms with Gasteiger partial charge in [0.25, 0.3) is 0 Å². The summed E-state index contributed by atoms with van der Waals surface area (Å²) in [6.07, 6.45) is 3.28. The van der Waals surface area contributed by atoms with Gasteiger partial charge in [-0.25, -0.2) is 17.5 Å². The van der Waals surface area contributed by atoms with E-state index in [1.54, 1.807) is 14.0 Å². The van der Waals surface area contributed by atoms with Gasteiger partial charge in [-0.1, -0.05) is 6.42 Å². The minimum atomic E-state index is -3.65. The van der Waals surface area contributed by atoms with Gasteiger partial charge >= 0.3 is 5.97 Å². The summed E-state index contributed by atoms with van der Waals surface area (Å²) in [4.78, 5) is 13.8. The maximum absolute atomic E-state index is 12.6. The van der Waals surface area contributed by atoms with Crippen LogP contribution in [-0.2, 0) is 10.0 Å². The van der Waals surface area contributed by atoms with Crippen LogP contribution in [0.15, 0.2) is 4.90 Å². The minimum absolute atomic E-state index is 0.0573. The fourth-order valence-corrected chi connectivity index (χ4v) is 4.27. The first-order chi connectivity index (χ1) is 9.25. The number of sulfonamides is 1. The number of aromatic amines is 1. The molecule has 1 aliphatic rings. The largest absolute Gasteiger partial charge is 0.477 e. The zero-order chi connectivity index (χ0) is 15.1. The first kappa shape index (κ1) is 15.1. The summed E-state index contributed by atoms with van der Waals surface area (Å²) in [7, 11) is -2.09. The van der Waals surface area contributed by atoms with Gasteiger partial charge in [-0.2, -0.15) is 0 Å². The molecule has 1 fully saturated rings. The molecule has 2 N–H and O–H groups in total. The van der Waals surface area contributed by atoms with E-state index in [1.807, 2.05) is 0 Å². The van der Waals surface area contributed by atoms with Gasteiger partial charge in [0.2, 0.25) is 10.0 Å². The fourth-order valence-electron chi connectivity index (χ4n) is 2.63. The van der Waals surface area contributed by atoms with Crippen LogP contribution < -0.4 is 0 Å². The third kappa shape index (κ3) is 2.47. The Bertz CT molecular complexity index is 629. The second-order valence-electron chi connectivity index (χ2n) is 5.47. The van der Waals surface area contributed by atoms with Gasteiger partial charge < -0.3 is 10.1 Å². The highest BCUT2D eigenvalue weighted by Crippen LogP contribution is 2.30. The Balaban J connectivity index is 2.35. The van der Waals surface area contributed by atoms with Crippen molar-refractivity contribution in [2.45, 2.75) is 38.0 Å². The van der Waals surface area contributed by atoms with Crippen molar-refractivity contribution in [1.29, 1.82) is 0 Å². The standard InChI is InChI=1S/C13H20N2O4S/c1-8-11(13(16)17)14-9(2)12(8)20(18,19)15(3)7-10-5-4-6-10/h10,14H,4-7H2,1-3H3,(H,16,17). The van der Waals surface area contributed by atoms with E-state index < -0.39 is 16.0 Å². The summed E-state index contributed by atoms with van der Waals surface area (Å²) < 4.78 is 26.5. The molecule has 1 aromatic heterocycles. The average Bonchev–Trinajstić information content (AvgIpc) is 2.59. The highest BCUT2D eigenvalue weighted by Gasteiger charge is 2.31. The third-order valence-corrected chi connectivity index (χ3v) is 6.09. The highest BCUT2D eigenvalue weighted by molar-refractivity contribution is 7.89. The monoisotopic (exact) mass is 300 g/mol. The lowest BCUT2D eigenvalue weighted by atomic mass is 9.86. The molecule has 112 valence electrons. The molecule has 6 nitrogen and oxygen atoms in total. The second kappa shape index (κ2) is 5.21. The summed E-state index contributed by atoms with van der Waals surface area (Å²) in [6.45, 7) is 3.61. The molecule has 0 bridgehead atoms. The number of hydrogen-bond donors (Lipinski definition) is 2. The lowest BCUT2D eigenvalue weighted by Crippen LogP contribution is -2.34. The number of hydrogen-bond acceptors (Lipinski definition) is 3. The predicted molar refractivity (Wildman–Crippen MR) is 74.4 cm³/mol. The zero-order valence-electron chi connectivity index (χ0n) is 11.9. The Labute approximate surface area is 118 Å². The van der Waals surface area contributed by atoms with Gasteiger partial charge in [-0.15, -0.1) is 0 Å². The molecule has 20 heavy (non-hydrogen) atoms. The molecule has 0 spiro atoms. The summed E-state index contributed by atoms with van der Waals surface area (Å²) in [5, 5.41) is 9.06. The summed E-state index contributed by atoms with van der Waals surface area (Å²) in [5.41, 5.74) is 0.592. The Hall–Kier alpha value is -1.34. The fraction of sp³-hybridized carbons (Fsp3) is 0.615. The molecule has 1 heterocycles. The zero-order valence-corrected chi connectivity index (χ0v) is 12.7. The van der Waals surface area contributed by atoms with Crippen LogP contribution in [0.5, 0.6) is 0 Å². The Kier molecular flexibility index (Phi) is 3.93. The van der Waals surface area contributed by atoms with E-state index in [9.17, 15) is 13.2 Å². The van der Waals surface area contributed by atoms with E-state index in [0.29, 0.717) is 18.2 Å². The Morgan fingerprint density at radius 2 is 2.00 bits per heavy atom. The average molecular weight is 300 g/mol. The Morgan fingerprint density at radius 1 is 1.40 bits per heavy atom. The van der Waals surface area contributed by atoms with Gasteiger partial charge in [0.1, 0.15) is 10.6 Å². The van der Waals surface area contributed by atoms with E-state index in [2.05, 4.69) is 4.98 Å². The molecule has 0 aliphatic heterocycles. The molecule has 0 amide bonds. The van der Waals surface area contributed by atoms with Crippen molar-refractivity contribution in [3.8, 4) is 0 Å². The lowest BCUT2D eigenvalue weighted by molar-refractivity contribution is 0.0690. The van der Waals surface area contributed by atoms with Crippen LogP contribution in [0, 0.1) is 19.8 Å². The molecule has 7 heteroatoms. The third-order valence-electron chi connectivity index (χ3n) is 3.99. The van der Waals surface area contributed by atoms with Crippen molar-refractivity contribution in [1.82, 2.24) is 9.29 Å². The van der Waals surface area contributed by atoms with Gasteiger partial charge in [-0.05, 0) is 32.6 Å². The topological polar surface area (TPSA) is 90.5 Å². The summed E-state index contributed by atoms with van der Waals surface area (Å²) in [5.74, 6) is -0.720. The van der Waals surface area contributed by atoms with Crippen LogP contribution in [0.1, 0.15) is 41.0 Å². The molecule has 1 aliphatic carbocycles. The number of aromatic carboxylic acids is 1. The van der Waals surface area contributed by atoms with Gasteiger partial charge in [0.05, 0.1) is 0 Å². The molecule has 1 saturated carbocycles. The van der Waals surface area contributed by atoms with Crippen molar-refractivity contribution in [3.63, 3.8) is 0 Å². The normalized spacial score (nSPS) is 16.4. The van der Waals surface area contributed by atoms with Crippen LogP contribution >= 0.6 is 0 Å². The lowest BCUT2D eigenvalue weighted by Gasteiger charge is -2.29. The first-order valence-electron chi connectivity index (χ1n) is 6.64. The first-order valence-corrected chi connectivity index (χ1v) is 8.08. The van der Waals surface area contributed by atoms with Gasteiger partial charge in [0.15, 0.2) is 0 Å². The molecule has 0 saturated heterocycles. The highest BCUT2D eigenvalue weighted by atomic mass is 32.2. The molecule has 0 unspecified atom stereocenters. The number of nitrogens with zero attached hydrogens (tertiary/aromatic N) is 1. The van der Waals surface area contributed by atoms with Gasteiger partial charge in [-0.3, -0.25) is 0 Å². The van der Waals surface area contributed by atoms with Crippen molar-refractivity contribution in [3.05, 3.63) is 17.0 Å². The van der Waals surface area contributed by atoms with E-state index in [4.69, 9.17) is 5.11 Å². The second-order valence-corrected chi connectivity index (χ2v) is 7.45. The smallest absolute Gasteiger partial charge is 0.352 e. The SMILES string of the molecule is Cc1[nH]c(C(=O)O)c(C)c1S(=O)(=O)N(C)CC1CCC1. The molecular formula is C13H20N2O4S. The Morgan fingerprint density at radius 3 is 2.40 bits per heavy atom. The molecule has 1 aromatic rings. The van der Waals surface area contributed by atoms with Gasteiger partial charge in [0, 0.05) is 24.8 Å². The van der Waals surface area contributed by atoms with E-state index in [1.165, 1.54) is 11.2 Å². The van der Waals surface area contributed by atoms with Crippen molar-refractivity contribution in [2.75, 3.05) is 13.6 Å². The number of nitrogens with one attached hydrogen (secondary N) is 1. The van der Waals surface area contributed by atoms with E-state index >= 15 is 0 Å². The van der Waals surface area contributed by atoms with Crippen LogP contribution in [0.2, 0.25) is 0 Å². The quantitative estimate of drug-likeness (QED) is 0.866. The molecule has 0 aromatic carbocycles. The van der Waals surface area contributed by atoms with Crippen LogP contribution in [0.3, 0.4) is 0 Å². The molecule has 0 atom stereocenters. The minimum Gasteiger partial charge on any atom is -0.477 e. The van der Waals surface area contributed by atoms with E-state index in [0.717, 1.165) is 19.3 Å². The number of aryl methyl sites for hydroxylation is 1. The number of rotatable bonds is 5. The number of carboxylic acid groups (broad SMARTS) is 1. The molecule has 2 rings (SSSR count). The van der Waals surface area contributed by atoms with Crippen molar-refractivity contribution >= 4 is 16.0 Å². The number of carboxylic acids is 1. The number of H-pyrrole nitrogens is 1. The molecule has 0 radical (unpaired) electrons. The molecular weight excluding hydrogens is 280 g/mol. The van der Waals surface area contributed by atoms with Crippen LogP contribution in [-0.4, -0.2) is 42.4 Å². The predicted octanol–water partition coefficient (Wildman–Crippen LogP) is 1.75. The summed E-state index contributed by atoms with van der Waals surface area (Å²) in [6, 6.07) is 0. The van der Waals surface area contributed by atoms with Crippen molar-refractivity contribution < 1.29 is 18.3 Å². The van der Waals surface area contributed by atoms with Crippen molar-refractivity contribution in [2.24, 2.45) is 5.92 Å².